The second-order valence-electron chi connectivity index (χ2n) is 6.16. The maximum atomic E-state index is 6.13. The van der Waals surface area contributed by atoms with E-state index in [9.17, 15) is 0 Å². The molecule has 25 heavy (non-hydrogen) atoms. The number of nitrogens with zero attached hydrogens (tertiary/aromatic N) is 3. The molecule has 0 saturated heterocycles. The summed E-state index contributed by atoms with van der Waals surface area (Å²) in [5.41, 5.74) is 4.89. The summed E-state index contributed by atoms with van der Waals surface area (Å²) in [4.78, 5) is 4.98. The molecule has 0 fully saturated rings. The lowest BCUT2D eigenvalue weighted by Crippen LogP contribution is -2.12. The van der Waals surface area contributed by atoms with E-state index in [4.69, 9.17) is 9.42 Å². The number of aromatic nitrogens is 2. The Kier molecular flexibility index (Phi) is 5.14. The van der Waals surface area contributed by atoms with Gasteiger partial charge in [0.15, 0.2) is 0 Å². The molecular formula is C20H22N3OSi. The predicted molar refractivity (Wildman–Crippen MR) is 104 cm³/mol. The van der Waals surface area contributed by atoms with Crippen molar-refractivity contribution in [3.8, 4) is 5.75 Å². The molecule has 0 bridgehead atoms. The standard InChI is InChI=1S/C20H22N3OSi/c1-15-9-8-12-18(20(15)24-25(3)4)22-19(16-10-6-5-7-11-16)17-13-21-23(2)14-17/h5-14H,1-4H3. The van der Waals surface area contributed by atoms with Gasteiger partial charge in [-0.15, -0.1) is 0 Å². The number of para-hydroxylation sites is 1. The average molecular weight is 349 g/mol. The van der Waals surface area contributed by atoms with Crippen LogP contribution in [0.1, 0.15) is 16.7 Å². The molecule has 0 aliphatic heterocycles. The van der Waals surface area contributed by atoms with E-state index in [1.54, 1.807) is 4.68 Å². The summed E-state index contributed by atoms with van der Waals surface area (Å²) in [5, 5.41) is 4.30. The van der Waals surface area contributed by atoms with Crippen molar-refractivity contribution < 1.29 is 4.43 Å². The Morgan fingerprint density at radius 1 is 1.04 bits per heavy atom. The Balaban J connectivity index is 2.16. The van der Waals surface area contributed by atoms with Gasteiger partial charge < -0.3 is 4.43 Å². The molecule has 0 amide bonds. The van der Waals surface area contributed by atoms with Gasteiger partial charge in [0.05, 0.1) is 11.9 Å². The highest BCUT2D eigenvalue weighted by atomic mass is 28.3. The first kappa shape index (κ1) is 17.2. The molecule has 127 valence electrons. The summed E-state index contributed by atoms with van der Waals surface area (Å²) in [5.74, 6) is 0.874. The van der Waals surface area contributed by atoms with Crippen molar-refractivity contribution >= 4 is 20.4 Å². The minimum absolute atomic E-state index is 0.855. The lowest BCUT2D eigenvalue weighted by atomic mass is 10.1. The number of benzene rings is 2. The van der Waals surface area contributed by atoms with E-state index in [0.29, 0.717) is 0 Å². The topological polar surface area (TPSA) is 39.4 Å². The quantitative estimate of drug-likeness (QED) is 0.502. The van der Waals surface area contributed by atoms with Gasteiger partial charge in [0, 0.05) is 24.4 Å². The Bertz CT molecular complexity index is 885. The molecule has 1 radical (unpaired) electrons. The van der Waals surface area contributed by atoms with Crippen molar-refractivity contribution in [1.29, 1.82) is 0 Å². The van der Waals surface area contributed by atoms with E-state index in [2.05, 4.69) is 43.3 Å². The van der Waals surface area contributed by atoms with E-state index in [-0.39, 0.29) is 0 Å². The zero-order valence-electron chi connectivity index (χ0n) is 15.0. The maximum absolute atomic E-state index is 6.13. The summed E-state index contributed by atoms with van der Waals surface area (Å²) in [6.45, 7) is 6.32. The van der Waals surface area contributed by atoms with E-state index in [1.165, 1.54) is 0 Å². The summed E-state index contributed by atoms with van der Waals surface area (Å²) >= 11 is 0. The molecular weight excluding hydrogens is 326 g/mol. The highest BCUT2D eigenvalue weighted by Crippen LogP contribution is 2.33. The molecule has 5 heteroatoms. The van der Waals surface area contributed by atoms with Crippen molar-refractivity contribution in [1.82, 2.24) is 9.78 Å². The van der Waals surface area contributed by atoms with Crippen LogP contribution < -0.4 is 4.43 Å². The summed E-state index contributed by atoms with van der Waals surface area (Å²) in [6.07, 6.45) is 3.83. The Morgan fingerprint density at radius 2 is 1.80 bits per heavy atom. The van der Waals surface area contributed by atoms with Gasteiger partial charge >= 0.3 is 0 Å². The molecule has 3 aromatic rings. The van der Waals surface area contributed by atoms with Crippen molar-refractivity contribution in [3.05, 3.63) is 77.6 Å². The molecule has 1 aromatic heterocycles. The lowest BCUT2D eigenvalue weighted by molar-refractivity contribution is 0.577. The van der Waals surface area contributed by atoms with E-state index in [0.717, 1.165) is 33.8 Å². The fraction of sp³-hybridized carbons (Fsp3) is 0.200. The molecule has 0 saturated carbocycles. The molecule has 0 aliphatic carbocycles. The smallest absolute Gasteiger partial charge is 0.274 e. The molecule has 0 aliphatic rings. The molecule has 3 rings (SSSR count). The van der Waals surface area contributed by atoms with Gasteiger partial charge in [0.25, 0.3) is 9.04 Å². The summed E-state index contributed by atoms with van der Waals surface area (Å²) in [6, 6.07) is 16.3. The number of rotatable bonds is 5. The third-order valence-corrected chi connectivity index (χ3v) is 4.37. The van der Waals surface area contributed by atoms with Crippen molar-refractivity contribution in [3.63, 3.8) is 0 Å². The van der Waals surface area contributed by atoms with Crippen molar-refractivity contribution in [2.24, 2.45) is 12.0 Å². The van der Waals surface area contributed by atoms with Gasteiger partial charge in [0.1, 0.15) is 11.4 Å². The van der Waals surface area contributed by atoms with Crippen LogP contribution in [0.2, 0.25) is 13.1 Å². The van der Waals surface area contributed by atoms with Crippen LogP contribution in [0, 0.1) is 6.92 Å². The average Bonchev–Trinajstić information content (AvgIpc) is 3.02. The Hall–Kier alpha value is -2.66. The second-order valence-corrected chi connectivity index (χ2v) is 8.18. The minimum Gasteiger partial charge on any atom is -0.541 e. The van der Waals surface area contributed by atoms with Gasteiger partial charge in [-0.3, -0.25) is 4.68 Å². The van der Waals surface area contributed by atoms with Gasteiger partial charge in [-0.2, -0.15) is 5.10 Å². The van der Waals surface area contributed by atoms with Gasteiger partial charge in [-0.05, 0) is 31.6 Å². The number of aryl methyl sites for hydroxylation is 2. The van der Waals surface area contributed by atoms with E-state index < -0.39 is 9.04 Å². The third kappa shape index (κ3) is 4.06. The lowest BCUT2D eigenvalue weighted by Gasteiger charge is -2.15. The first-order valence-corrected chi connectivity index (χ1v) is 10.7. The van der Waals surface area contributed by atoms with Crippen LogP contribution in [0.5, 0.6) is 5.75 Å². The van der Waals surface area contributed by atoms with Crippen molar-refractivity contribution in [2.45, 2.75) is 20.0 Å². The van der Waals surface area contributed by atoms with Crippen LogP contribution >= 0.6 is 0 Å². The summed E-state index contributed by atoms with van der Waals surface area (Å²) < 4.78 is 7.92. The fourth-order valence-electron chi connectivity index (χ4n) is 2.62. The van der Waals surface area contributed by atoms with Gasteiger partial charge in [-0.25, -0.2) is 4.99 Å². The normalized spacial score (nSPS) is 11.8. The van der Waals surface area contributed by atoms with E-state index in [1.807, 2.05) is 49.8 Å². The third-order valence-electron chi connectivity index (χ3n) is 3.76. The van der Waals surface area contributed by atoms with Crippen LogP contribution in [0.15, 0.2) is 65.9 Å². The molecule has 4 nitrogen and oxygen atoms in total. The minimum atomic E-state index is -0.876. The first-order chi connectivity index (χ1) is 12.0. The van der Waals surface area contributed by atoms with Crippen LogP contribution in [0.25, 0.3) is 0 Å². The molecule has 0 unspecified atom stereocenters. The highest BCUT2D eigenvalue weighted by Gasteiger charge is 2.13. The molecule has 1 heterocycles. The van der Waals surface area contributed by atoms with Crippen molar-refractivity contribution in [2.75, 3.05) is 0 Å². The Labute approximate surface area is 150 Å². The van der Waals surface area contributed by atoms with E-state index >= 15 is 0 Å². The zero-order valence-corrected chi connectivity index (χ0v) is 16.0. The summed E-state index contributed by atoms with van der Waals surface area (Å²) in [7, 11) is 1.04. The van der Waals surface area contributed by atoms with Crippen LogP contribution in [0.3, 0.4) is 0 Å². The number of aliphatic imine (C=N–C) groups is 1. The highest BCUT2D eigenvalue weighted by molar-refractivity contribution is 6.49. The second kappa shape index (κ2) is 7.48. The predicted octanol–water partition coefficient (Wildman–Crippen LogP) is 4.53. The monoisotopic (exact) mass is 348 g/mol. The molecule has 0 N–H and O–H groups in total. The first-order valence-electron chi connectivity index (χ1n) is 8.25. The number of hydrogen-bond acceptors (Lipinski definition) is 3. The fourth-order valence-corrected chi connectivity index (χ4v) is 3.29. The zero-order chi connectivity index (χ0) is 17.8. The van der Waals surface area contributed by atoms with Crippen LogP contribution in [0.4, 0.5) is 5.69 Å². The van der Waals surface area contributed by atoms with Gasteiger partial charge in [-0.1, -0.05) is 42.5 Å². The largest absolute Gasteiger partial charge is 0.541 e. The van der Waals surface area contributed by atoms with Crippen LogP contribution in [-0.4, -0.2) is 24.5 Å². The number of hydrogen-bond donors (Lipinski definition) is 0. The maximum Gasteiger partial charge on any atom is 0.274 e. The molecule has 0 spiro atoms. The SMILES string of the molecule is Cc1cccc(N=C(c2ccccc2)c2cnn(C)c2)c1O[Si](C)C. The molecule has 2 aromatic carbocycles. The molecule has 0 atom stereocenters. The van der Waals surface area contributed by atoms with Crippen LogP contribution in [-0.2, 0) is 7.05 Å². The Morgan fingerprint density at radius 3 is 2.44 bits per heavy atom. The van der Waals surface area contributed by atoms with Gasteiger partial charge in [0.2, 0.25) is 0 Å².